The van der Waals surface area contributed by atoms with Crippen molar-refractivity contribution in [3.63, 3.8) is 0 Å². The van der Waals surface area contributed by atoms with Crippen LogP contribution in [0.15, 0.2) is 36.5 Å². The summed E-state index contributed by atoms with van der Waals surface area (Å²) < 4.78 is 0. The van der Waals surface area contributed by atoms with Crippen molar-refractivity contribution in [2.45, 2.75) is 13.5 Å². The number of aromatic nitrogens is 2. The van der Waals surface area contributed by atoms with Crippen LogP contribution in [-0.4, -0.2) is 22.0 Å². The van der Waals surface area contributed by atoms with Crippen LogP contribution in [-0.2, 0) is 6.54 Å². The van der Waals surface area contributed by atoms with Crippen LogP contribution in [0.3, 0.4) is 0 Å². The fourth-order valence-corrected chi connectivity index (χ4v) is 1.90. The zero-order chi connectivity index (χ0) is 13.8. The lowest BCUT2D eigenvalue weighted by atomic mass is 10.1. The minimum Gasteiger partial charge on any atom is -0.388 e. The summed E-state index contributed by atoms with van der Waals surface area (Å²) in [5.41, 5.74) is 8.67. The van der Waals surface area contributed by atoms with E-state index in [4.69, 9.17) is 18.0 Å². The first kappa shape index (κ1) is 13.4. The van der Waals surface area contributed by atoms with Crippen LogP contribution in [0.2, 0.25) is 0 Å². The number of rotatable bonds is 4. The first-order chi connectivity index (χ1) is 9.08. The second kappa shape index (κ2) is 5.75. The Bertz CT molecular complexity index is 598. The van der Waals surface area contributed by atoms with Crippen LogP contribution in [0.1, 0.15) is 16.8 Å². The van der Waals surface area contributed by atoms with Crippen molar-refractivity contribution in [1.82, 2.24) is 9.97 Å². The molecule has 2 N–H and O–H groups in total. The standard InChI is InChI=1S/C14H16N4S/c1-10-5-3-4-6-11(10)9-18(2)14-16-8-7-12(17-14)13(15)19/h3-8H,9H2,1-2H3,(H2,15,19). The number of hydrogen-bond acceptors (Lipinski definition) is 4. The van der Waals surface area contributed by atoms with Crippen molar-refractivity contribution in [3.8, 4) is 0 Å². The molecule has 0 aliphatic carbocycles. The van der Waals surface area contributed by atoms with E-state index in [-0.39, 0.29) is 4.99 Å². The van der Waals surface area contributed by atoms with Crippen molar-refractivity contribution in [2.24, 2.45) is 5.73 Å². The molecule has 98 valence electrons. The molecule has 0 aliphatic heterocycles. The maximum Gasteiger partial charge on any atom is 0.225 e. The van der Waals surface area contributed by atoms with Gasteiger partial charge in [0, 0.05) is 19.8 Å². The van der Waals surface area contributed by atoms with Crippen molar-refractivity contribution in [2.75, 3.05) is 11.9 Å². The van der Waals surface area contributed by atoms with Crippen LogP contribution in [0.25, 0.3) is 0 Å². The van der Waals surface area contributed by atoms with Gasteiger partial charge in [-0.1, -0.05) is 36.5 Å². The summed E-state index contributed by atoms with van der Waals surface area (Å²) in [7, 11) is 1.95. The molecule has 0 fully saturated rings. The van der Waals surface area contributed by atoms with Crippen LogP contribution < -0.4 is 10.6 Å². The lowest BCUT2D eigenvalue weighted by Gasteiger charge is -2.18. The third-order valence-electron chi connectivity index (χ3n) is 2.91. The molecule has 0 radical (unpaired) electrons. The molecule has 1 aromatic carbocycles. The first-order valence-electron chi connectivity index (χ1n) is 5.96. The van der Waals surface area contributed by atoms with E-state index in [1.807, 2.05) is 24.1 Å². The maximum atomic E-state index is 5.58. The zero-order valence-electron chi connectivity index (χ0n) is 11.0. The molecule has 0 amide bonds. The topological polar surface area (TPSA) is 55.0 Å². The summed E-state index contributed by atoms with van der Waals surface area (Å²) in [6.45, 7) is 2.84. The average molecular weight is 272 g/mol. The Morgan fingerprint density at radius 3 is 2.74 bits per heavy atom. The lowest BCUT2D eigenvalue weighted by Crippen LogP contribution is -2.21. The Balaban J connectivity index is 2.20. The van der Waals surface area contributed by atoms with Crippen molar-refractivity contribution in [3.05, 3.63) is 53.3 Å². The molecule has 4 nitrogen and oxygen atoms in total. The van der Waals surface area contributed by atoms with Gasteiger partial charge in [0.2, 0.25) is 5.95 Å². The molecule has 0 spiro atoms. The molecule has 1 heterocycles. The smallest absolute Gasteiger partial charge is 0.225 e. The van der Waals surface area contributed by atoms with Gasteiger partial charge in [-0.3, -0.25) is 0 Å². The number of thiocarbonyl (C=S) groups is 1. The highest BCUT2D eigenvalue weighted by molar-refractivity contribution is 7.80. The van der Waals surface area contributed by atoms with Crippen LogP contribution in [0, 0.1) is 6.92 Å². The lowest BCUT2D eigenvalue weighted by molar-refractivity contribution is 0.859. The molecule has 19 heavy (non-hydrogen) atoms. The number of hydrogen-bond donors (Lipinski definition) is 1. The van der Waals surface area contributed by atoms with E-state index < -0.39 is 0 Å². The average Bonchev–Trinajstić information content (AvgIpc) is 2.41. The van der Waals surface area contributed by atoms with Gasteiger partial charge in [-0.05, 0) is 24.1 Å². The predicted molar refractivity (Wildman–Crippen MR) is 81.2 cm³/mol. The Hall–Kier alpha value is -2.01. The molecule has 1 aromatic heterocycles. The molecule has 2 rings (SSSR count). The molecule has 0 atom stereocenters. The number of aryl methyl sites for hydroxylation is 1. The van der Waals surface area contributed by atoms with Gasteiger partial charge < -0.3 is 10.6 Å². The van der Waals surface area contributed by atoms with E-state index >= 15 is 0 Å². The zero-order valence-corrected chi connectivity index (χ0v) is 11.8. The summed E-state index contributed by atoms with van der Waals surface area (Å²) in [6, 6.07) is 9.97. The first-order valence-corrected chi connectivity index (χ1v) is 6.37. The second-order valence-corrected chi connectivity index (χ2v) is 4.83. The van der Waals surface area contributed by atoms with E-state index in [1.54, 1.807) is 12.3 Å². The third-order valence-corrected chi connectivity index (χ3v) is 3.11. The van der Waals surface area contributed by atoms with E-state index in [0.717, 1.165) is 6.54 Å². The number of nitrogens with zero attached hydrogens (tertiary/aromatic N) is 3. The minimum absolute atomic E-state index is 0.285. The van der Waals surface area contributed by atoms with E-state index in [1.165, 1.54) is 11.1 Å². The van der Waals surface area contributed by atoms with Gasteiger partial charge in [0.05, 0.1) is 0 Å². The molecule has 0 bridgehead atoms. The Kier molecular flexibility index (Phi) is 4.06. The molecule has 5 heteroatoms. The summed E-state index contributed by atoms with van der Waals surface area (Å²) >= 11 is 4.93. The van der Waals surface area contributed by atoms with Crippen molar-refractivity contribution in [1.29, 1.82) is 0 Å². The van der Waals surface area contributed by atoms with Gasteiger partial charge in [0.15, 0.2) is 0 Å². The van der Waals surface area contributed by atoms with Crippen molar-refractivity contribution < 1.29 is 0 Å². The monoisotopic (exact) mass is 272 g/mol. The molecule has 0 unspecified atom stereocenters. The van der Waals surface area contributed by atoms with Gasteiger partial charge in [0.1, 0.15) is 10.7 Å². The summed E-state index contributed by atoms with van der Waals surface area (Å²) in [4.78, 5) is 10.9. The Labute approximate surface area is 118 Å². The fourth-order valence-electron chi connectivity index (χ4n) is 1.78. The second-order valence-electron chi connectivity index (χ2n) is 4.39. The normalized spacial score (nSPS) is 10.2. The van der Waals surface area contributed by atoms with Crippen LogP contribution in [0.5, 0.6) is 0 Å². The van der Waals surface area contributed by atoms with Crippen LogP contribution >= 0.6 is 12.2 Å². The van der Waals surface area contributed by atoms with Gasteiger partial charge in [-0.25, -0.2) is 9.97 Å². The summed E-state index contributed by atoms with van der Waals surface area (Å²) in [5.74, 6) is 0.619. The minimum atomic E-state index is 0.285. The van der Waals surface area contributed by atoms with Gasteiger partial charge in [0.25, 0.3) is 0 Å². The summed E-state index contributed by atoms with van der Waals surface area (Å²) in [5, 5.41) is 0. The number of benzene rings is 1. The van der Waals surface area contributed by atoms with Crippen molar-refractivity contribution >= 4 is 23.2 Å². The largest absolute Gasteiger partial charge is 0.388 e. The SMILES string of the molecule is Cc1ccccc1CN(C)c1nccc(C(N)=S)n1. The number of anilines is 1. The Morgan fingerprint density at radius 2 is 2.05 bits per heavy atom. The molecule has 2 aromatic rings. The highest BCUT2D eigenvalue weighted by Gasteiger charge is 2.08. The number of nitrogens with two attached hydrogens (primary N) is 1. The van der Waals surface area contributed by atoms with E-state index in [0.29, 0.717) is 11.6 Å². The van der Waals surface area contributed by atoms with Gasteiger partial charge in [-0.2, -0.15) is 0 Å². The Morgan fingerprint density at radius 1 is 1.32 bits per heavy atom. The highest BCUT2D eigenvalue weighted by Crippen LogP contribution is 2.13. The highest BCUT2D eigenvalue weighted by atomic mass is 32.1. The quantitative estimate of drug-likeness (QED) is 0.863. The van der Waals surface area contributed by atoms with Gasteiger partial charge in [-0.15, -0.1) is 0 Å². The van der Waals surface area contributed by atoms with Crippen LogP contribution in [0.4, 0.5) is 5.95 Å². The molecular formula is C14H16N4S. The van der Waals surface area contributed by atoms with E-state index in [2.05, 4.69) is 29.0 Å². The summed E-state index contributed by atoms with van der Waals surface area (Å²) in [6.07, 6.45) is 1.67. The molecule has 0 aliphatic rings. The maximum absolute atomic E-state index is 5.58. The molecule has 0 saturated heterocycles. The van der Waals surface area contributed by atoms with E-state index in [9.17, 15) is 0 Å². The predicted octanol–water partition coefficient (Wildman–Crippen LogP) is 2.06. The fraction of sp³-hybridized carbons (Fsp3) is 0.214. The molecular weight excluding hydrogens is 256 g/mol. The van der Waals surface area contributed by atoms with Gasteiger partial charge >= 0.3 is 0 Å². The third kappa shape index (κ3) is 3.26. The molecule has 0 saturated carbocycles.